The number of nitriles is 1. The first-order chi connectivity index (χ1) is 7.52. The van der Waals surface area contributed by atoms with Gasteiger partial charge in [-0.05, 0) is 25.1 Å². The Morgan fingerprint density at radius 3 is 2.81 bits per heavy atom. The average molecular weight is 257 g/mol. The highest BCUT2D eigenvalue weighted by Crippen LogP contribution is 2.23. The summed E-state index contributed by atoms with van der Waals surface area (Å²) in [5, 5.41) is 12.4. The van der Waals surface area contributed by atoms with Crippen molar-refractivity contribution in [1.29, 1.82) is 5.26 Å². The van der Waals surface area contributed by atoms with Crippen LogP contribution in [0.4, 0.5) is 5.69 Å². The van der Waals surface area contributed by atoms with Crippen molar-refractivity contribution in [2.75, 3.05) is 17.3 Å². The van der Waals surface area contributed by atoms with Crippen LogP contribution in [0, 0.1) is 11.3 Å². The molecule has 1 N–H and O–H groups in total. The second kappa shape index (κ2) is 5.88. The number of hydrogen-bond acceptors (Lipinski definition) is 3. The summed E-state index contributed by atoms with van der Waals surface area (Å²) in [4.78, 5) is 0. The molecule has 5 heteroatoms. The monoisotopic (exact) mass is 256 g/mol. The molecule has 0 bridgehead atoms. The highest BCUT2D eigenvalue weighted by Gasteiger charge is 2.07. The molecule has 0 fully saturated rings. The van der Waals surface area contributed by atoms with Crippen LogP contribution in [0.15, 0.2) is 18.2 Å². The van der Waals surface area contributed by atoms with Gasteiger partial charge in [-0.15, -0.1) is 0 Å². The quantitative estimate of drug-likeness (QED) is 0.900. The van der Waals surface area contributed by atoms with Gasteiger partial charge in [0.1, 0.15) is 0 Å². The van der Waals surface area contributed by atoms with E-state index in [9.17, 15) is 4.21 Å². The van der Waals surface area contributed by atoms with Crippen molar-refractivity contribution >= 4 is 28.1 Å². The number of halogens is 1. The van der Waals surface area contributed by atoms with Crippen molar-refractivity contribution in [1.82, 2.24) is 0 Å². The molecule has 0 saturated heterocycles. The molecule has 0 saturated carbocycles. The van der Waals surface area contributed by atoms with E-state index < -0.39 is 10.8 Å². The number of nitrogens with one attached hydrogen (secondary N) is 1. The minimum Gasteiger partial charge on any atom is -0.380 e. The van der Waals surface area contributed by atoms with E-state index in [2.05, 4.69) is 5.32 Å². The molecule has 0 aromatic heterocycles. The molecule has 0 spiro atoms. The number of benzene rings is 1. The molecule has 3 nitrogen and oxygen atoms in total. The normalized spacial score (nSPS) is 13.9. The summed E-state index contributed by atoms with van der Waals surface area (Å²) in [7, 11) is -0.840. The fourth-order valence-corrected chi connectivity index (χ4v) is 2.38. The van der Waals surface area contributed by atoms with Crippen molar-refractivity contribution < 1.29 is 4.21 Å². The molecular weight excluding hydrogens is 244 g/mol. The van der Waals surface area contributed by atoms with Crippen LogP contribution in [0.25, 0.3) is 0 Å². The maximum atomic E-state index is 11.0. The third kappa shape index (κ3) is 3.84. The Hall–Kier alpha value is -1.05. The van der Waals surface area contributed by atoms with E-state index in [1.165, 1.54) is 0 Å². The summed E-state index contributed by atoms with van der Waals surface area (Å²) in [5.74, 6) is 0.566. The Balaban J connectivity index is 2.75. The van der Waals surface area contributed by atoms with Gasteiger partial charge in [0, 0.05) is 28.9 Å². The molecular formula is C11H13ClN2OS. The highest BCUT2D eigenvalue weighted by molar-refractivity contribution is 7.84. The topological polar surface area (TPSA) is 52.9 Å². The van der Waals surface area contributed by atoms with Gasteiger partial charge in [0.25, 0.3) is 0 Å². The van der Waals surface area contributed by atoms with Crippen LogP contribution in [0.3, 0.4) is 0 Å². The van der Waals surface area contributed by atoms with E-state index in [4.69, 9.17) is 16.9 Å². The molecule has 2 atom stereocenters. The molecule has 0 amide bonds. The summed E-state index contributed by atoms with van der Waals surface area (Å²) in [6, 6.07) is 7.17. The molecule has 1 rings (SSSR count). The standard InChI is InChI=1S/C11H13ClN2OS/c1-8(7-16(2)15)14-11-4-3-9(6-13)5-10(11)12/h3-5,8,14H,7H2,1-2H3. The van der Waals surface area contributed by atoms with Gasteiger partial charge in [-0.1, -0.05) is 11.6 Å². The van der Waals surface area contributed by atoms with Gasteiger partial charge in [0.2, 0.25) is 0 Å². The molecule has 0 aliphatic rings. The SMILES string of the molecule is CC(CS(C)=O)Nc1ccc(C#N)cc1Cl. The van der Waals surface area contributed by atoms with Gasteiger partial charge < -0.3 is 5.32 Å². The van der Waals surface area contributed by atoms with Crippen LogP contribution in [-0.4, -0.2) is 22.3 Å². The van der Waals surface area contributed by atoms with E-state index >= 15 is 0 Å². The lowest BCUT2D eigenvalue weighted by Crippen LogP contribution is -2.22. The molecule has 1 aromatic carbocycles. The molecule has 1 aromatic rings. The Bertz CT molecular complexity index is 442. The smallest absolute Gasteiger partial charge is 0.0992 e. The molecule has 0 aliphatic carbocycles. The summed E-state index contributed by atoms with van der Waals surface area (Å²) >= 11 is 6.00. The Kier molecular flexibility index (Phi) is 4.78. The van der Waals surface area contributed by atoms with Crippen LogP contribution >= 0.6 is 11.6 Å². The van der Waals surface area contributed by atoms with Crippen molar-refractivity contribution in [2.45, 2.75) is 13.0 Å². The first kappa shape index (κ1) is 13.0. The van der Waals surface area contributed by atoms with Crippen molar-refractivity contribution in [3.63, 3.8) is 0 Å². The molecule has 0 radical (unpaired) electrons. The molecule has 16 heavy (non-hydrogen) atoms. The number of anilines is 1. The highest BCUT2D eigenvalue weighted by atomic mass is 35.5. The van der Waals surface area contributed by atoms with Crippen molar-refractivity contribution in [3.05, 3.63) is 28.8 Å². The lowest BCUT2D eigenvalue weighted by molar-refractivity contribution is 0.683. The van der Waals surface area contributed by atoms with E-state index in [0.717, 1.165) is 5.69 Å². The second-order valence-corrected chi connectivity index (χ2v) is 5.48. The predicted octanol–water partition coefficient (Wildman–Crippen LogP) is 2.39. The van der Waals surface area contributed by atoms with E-state index in [1.54, 1.807) is 24.5 Å². The second-order valence-electron chi connectivity index (χ2n) is 3.59. The maximum absolute atomic E-state index is 11.0. The van der Waals surface area contributed by atoms with Crippen LogP contribution < -0.4 is 5.32 Å². The minimum atomic E-state index is -0.840. The lowest BCUT2D eigenvalue weighted by atomic mass is 10.2. The fourth-order valence-electron chi connectivity index (χ4n) is 1.36. The maximum Gasteiger partial charge on any atom is 0.0992 e. The zero-order chi connectivity index (χ0) is 12.1. The summed E-state index contributed by atoms with van der Waals surface area (Å²) < 4.78 is 11.0. The largest absolute Gasteiger partial charge is 0.380 e. The lowest BCUT2D eigenvalue weighted by Gasteiger charge is -2.15. The van der Waals surface area contributed by atoms with Gasteiger partial charge in [-0.25, -0.2) is 0 Å². The number of hydrogen-bond donors (Lipinski definition) is 1. The predicted molar refractivity (Wildman–Crippen MR) is 68.2 cm³/mol. The first-order valence-electron chi connectivity index (χ1n) is 4.79. The summed E-state index contributed by atoms with van der Waals surface area (Å²) in [5.41, 5.74) is 1.29. The van der Waals surface area contributed by atoms with Crippen LogP contribution in [0.5, 0.6) is 0 Å². The van der Waals surface area contributed by atoms with Gasteiger partial charge in [-0.3, -0.25) is 4.21 Å². The third-order valence-corrected chi connectivity index (χ3v) is 3.27. The van der Waals surface area contributed by atoms with E-state index in [1.807, 2.05) is 13.0 Å². The molecule has 86 valence electrons. The fraction of sp³-hybridized carbons (Fsp3) is 0.364. The van der Waals surface area contributed by atoms with Crippen molar-refractivity contribution in [2.24, 2.45) is 0 Å². The third-order valence-electron chi connectivity index (χ3n) is 1.98. The zero-order valence-corrected chi connectivity index (χ0v) is 10.7. The van der Waals surface area contributed by atoms with Crippen LogP contribution in [0.2, 0.25) is 5.02 Å². The zero-order valence-electron chi connectivity index (χ0n) is 9.16. The van der Waals surface area contributed by atoms with E-state index in [0.29, 0.717) is 16.3 Å². The molecule has 0 heterocycles. The molecule has 0 aliphatic heterocycles. The minimum absolute atomic E-state index is 0.0799. The van der Waals surface area contributed by atoms with Crippen molar-refractivity contribution in [3.8, 4) is 6.07 Å². The van der Waals surface area contributed by atoms with Gasteiger partial charge >= 0.3 is 0 Å². The number of rotatable bonds is 4. The molecule has 2 unspecified atom stereocenters. The van der Waals surface area contributed by atoms with Gasteiger partial charge in [0.05, 0.1) is 22.3 Å². The van der Waals surface area contributed by atoms with Gasteiger partial charge in [-0.2, -0.15) is 5.26 Å². The van der Waals surface area contributed by atoms with E-state index in [-0.39, 0.29) is 6.04 Å². The first-order valence-corrected chi connectivity index (χ1v) is 6.89. The van der Waals surface area contributed by atoms with Crippen LogP contribution in [-0.2, 0) is 10.8 Å². The van der Waals surface area contributed by atoms with Gasteiger partial charge in [0.15, 0.2) is 0 Å². The summed E-state index contributed by atoms with van der Waals surface area (Å²) in [6.07, 6.45) is 1.67. The Morgan fingerprint density at radius 2 is 2.31 bits per heavy atom. The summed E-state index contributed by atoms with van der Waals surface area (Å²) in [6.45, 7) is 1.94. The average Bonchev–Trinajstić information content (AvgIpc) is 2.19. The van der Waals surface area contributed by atoms with Crippen LogP contribution in [0.1, 0.15) is 12.5 Å². The Labute approximate surface area is 103 Å². The number of nitrogens with zero attached hydrogens (tertiary/aromatic N) is 1. The Morgan fingerprint density at radius 1 is 1.62 bits per heavy atom.